The fourth-order valence-electron chi connectivity index (χ4n) is 3.01. The second-order valence-electron chi connectivity index (χ2n) is 5.03. The summed E-state index contributed by atoms with van der Waals surface area (Å²) >= 11 is 0. The molecule has 116 valence electrons. The van der Waals surface area contributed by atoms with Gasteiger partial charge in [-0.15, -0.1) is 0 Å². The molecular formula is C14H12O8. The van der Waals surface area contributed by atoms with E-state index in [1.54, 1.807) is 0 Å². The van der Waals surface area contributed by atoms with Gasteiger partial charge in [-0.3, -0.25) is 14.4 Å². The third-order valence-corrected chi connectivity index (χ3v) is 3.98. The van der Waals surface area contributed by atoms with Gasteiger partial charge in [0.2, 0.25) is 0 Å². The number of fused-ring (bicyclic) bond motifs is 1. The van der Waals surface area contributed by atoms with Crippen LogP contribution < -0.4 is 0 Å². The summed E-state index contributed by atoms with van der Waals surface area (Å²) in [6.45, 7) is 0. The maximum Gasteiger partial charge on any atom is 0.335 e. The minimum Gasteiger partial charge on any atom is -0.481 e. The van der Waals surface area contributed by atoms with Gasteiger partial charge in [-0.2, -0.15) is 0 Å². The van der Waals surface area contributed by atoms with Crippen molar-refractivity contribution in [1.82, 2.24) is 0 Å². The zero-order chi connectivity index (χ0) is 16.7. The minimum absolute atomic E-state index is 0.00491. The molecule has 0 aromatic heterocycles. The van der Waals surface area contributed by atoms with E-state index in [1.807, 2.05) is 0 Å². The van der Waals surface area contributed by atoms with E-state index in [9.17, 15) is 39.6 Å². The standard InChI is InChI=1S/C14H12O8/c15-10(16)7-3-4-8(11(17)18)9-6(7)2-1-5-14(9,12(19)20)13(21)22/h1,3-5,8-9H,2H2,(H,15,16)(H,17,18)(H,19,20)(H,21,22). The second-order valence-corrected chi connectivity index (χ2v) is 5.03. The zero-order valence-electron chi connectivity index (χ0n) is 11.1. The lowest BCUT2D eigenvalue weighted by Crippen LogP contribution is -2.51. The smallest absolute Gasteiger partial charge is 0.335 e. The molecule has 0 saturated carbocycles. The van der Waals surface area contributed by atoms with Gasteiger partial charge in [-0.25, -0.2) is 4.79 Å². The van der Waals surface area contributed by atoms with E-state index in [4.69, 9.17) is 0 Å². The van der Waals surface area contributed by atoms with Gasteiger partial charge in [0.25, 0.3) is 0 Å². The van der Waals surface area contributed by atoms with Crippen LogP contribution in [-0.2, 0) is 19.2 Å². The molecule has 0 heterocycles. The molecule has 0 amide bonds. The summed E-state index contributed by atoms with van der Waals surface area (Å²) in [7, 11) is 0. The van der Waals surface area contributed by atoms with Gasteiger partial charge in [0.15, 0.2) is 5.41 Å². The number of allylic oxidation sites excluding steroid dienone is 2. The largest absolute Gasteiger partial charge is 0.481 e. The summed E-state index contributed by atoms with van der Waals surface area (Å²) in [5.74, 6) is -9.17. The lowest BCUT2D eigenvalue weighted by molar-refractivity contribution is -0.166. The zero-order valence-corrected chi connectivity index (χ0v) is 11.1. The van der Waals surface area contributed by atoms with Crippen molar-refractivity contribution in [2.45, 2.75) is 6.42 Å². The Kier molecular flexibility index (Phi) is 3.62. The van der Waals surface area contributed by atoms with Crippen LogP contribution in [-0.4, -0.2) is 44.3 Å². The molecule has 0 saturated heterocycles. The first-order chi connectivity index (χ1) is 10.2. The Balaban J connectivity index is 2.77. The predicted molar refractivity (Wildman–Crippen MR) is 69.9 cm³/mol. The number of aliphatic carboxylic acids is 4. The number of hydrogen-bond acceptors (Lipinski definition) is 4. The van der Waals surface area contributed by atoms with Crippen LogP contribution in [0.3, 0.4) is 0 Å². The van der Waals surface area contributed by atoms with Crippen molar-refractivity contribution in [2.24, 2.45) is 17.3 Å². The van der Waals surface area contributed by atoms with Crippen molar-refractivity contribution < 1.29 is 39.6 Å². The first-order valence-electron chi connectivity index (χ1n) is 6.25. The Labute approximate surface area is 123 Å². The van der Waals surface area contributed by atoms with Crippen molar-refractivity contribution in [1.29, 1.82) is 0 Å². The number of hydrogen-bond donors (Lipinski definition) is 4. The molecule has 0 aliphatic heterocycles. The fourth-order valence-corrected chi connectivity index (χ4v) is 3.01. The monoisotopic (exact) mass is 308 g/mol. The van der Waals surface area contributed by atoms with Crippen LogP contribution in [0.4, 0.5) is 0 Å². The maximum absolute atomic E-state index is 11.6. The van der Waals surface area contributed by atoms with Crippen molar-refractivity contribution in [3.8, 4) is 0 Å². The Bertz CT molecular complexity index is 652. The van der Waals surface area contributed by atoms with Gasteiger partial charge in [-0.1, -0.05) is 24.3 Å². The Morgan fingerprint density at radius 1 is 1.05 bits per heavy atom. The maximum atomic E-state index is 11.6. The molecule has 2 unspecified atom stereocenters. The normalized spacial score (nSPS) is 25.5. The quantitative estimate of drug-likeness (QED) is 0.430. The van der Waals surface area contributed by atoms with Gasteiger partial charge in [-0.05, 0) is 12.0 Å². The molecule has 0 radical (unpaired) electrons. The van der Waals surface area contributed by atoms with Gasteiger partial charge in [0.1, 0.15) is 0 Å². The molecule has 0 fully saturated rings. The molecule has 2 rings (SSSR count). The molecule has 2 aliphatic rings. The Morgan fingerprint density at radius 2 is 1.64 bits per heavy atom. The lowest BCUT2D eigenvalue weighted by atomic mass is 9.60. The summed E-state index contributed by atoms with van der Waals surface area (Å²) in [5.41, 5.74) is -2.78. The van der Waals surface area contributed by atoms with Crippen LogP contribution in [0.2, 0.25) is 0 Å². The predicted octanol–water partition coefficient (Wildman–Crippen LogP) is 0.370. The van der Waals surface area contributed by atoms with Gasteiger partial charge >= 0.3 is 23.9 Å². The average molecular weight is 308 g/mol. The first-order valence-corrected chi connectivity index (χ1v) is 6.25. The molecule has 0 bridgehead atoms. The highest BCUT2D eigenvalue weighted by atomic mass is 16.4. The van der Waals surface area contributed by atoms with Gasteiger partial charge in [0, 0.05) is 5.92 Å². The SMILES string of the molecule is O=C(O)C1=C2CC=CC(C(=O)O)(C(=O)O)C2C(C(=O)O)C=C1. The molecule has 22 heavy (non-hydrogen) atoms. The number of rotatable bonds is 4. The Hall–Kier alpha value is -2.90. The second kappa shape index (κ2) is 5.14. The molecule has 8 nitrogen and oxygen atoms in total. The highest BCUT2D eigenvalue weighted by Crippen LogP contribution is 2.48. The van der Waals surface area contributed by atoms with Crippen molar-refractivity contribution >= 4 is 23.9 Å². The van der Waals surface area contributed by atoms with Crippen molar-refractivity contribution in [2.75, 3.05) is 0 Å². The third-order valence-electron chi connectivity index (χ3n) is 3.98. The van der Waals surface area contributed by atoms with E-state index >= 15 is 0 Å². The van der Waals surface area contributed by atoms with Crippen LogP contribution in [0.5, 0.6) is 0 Å². The summed E-state index contributed by atoms with van der Waals surface area (Å²) in [5, 5.41) is 37.2. The minimum atomic E-state index is -2.51. The van der Waals surface area contributed by atoms with Crippen LogP contribution in [0.25, 0.3) is 0 Å². The van der Waals surface area contributed by atoms with E-state index in [0.29, 0.717) is 0 Å². The van der Waals surface area contributed by atoms with Gasteiger partial charge in [0.05, 0.1) is 11.5 Å². The Morgan fingerprint density at radius 3 is 2.09 bits per heavy atom. The fraction of sp³-hybridized carbons (Fsp3) is 0.286. The third kappa shape index (κ3) is 2.00. The molecule has 2 aliphatic carbocycles. The summed E-state index contributed by atoms with van der Waals surface area (Å²) in [6, 6.07) is 0. The molecule has 2 atom stereocenters. The number of carbonyl (C=O) groups is 4. The topological polar surface area (TPSA) is 149 Å². The molecular weight excluding hydrogens is 296 g/mol. The molecule has 0 spiro atoms. The van der Waals surface area contributed by atoms with Crippen molar-refractivity contribution in [3.05, 3.63) is 35.5 Å². The van der Waals surface area contributed by atoms with E-state index < -0.39 is 41.1 Å². The van der Waals surface area contributed by atoms with Crippen LogP contribution in [0.15, 0.2) is 35.5 Å². The summed E-state index contributed by atoms with van der Waals surface area (Å²) in [4.78, 5) is 45.8. The van der Waals surface area contributed by atoms with Gasteiger partial charge < -0.3 is 20.4 Å². The highest BCUT2D eigenvalue weighted by molar-refractivity contribution is 6.03. The number of carboxylic acids is 4. The van der Waals surface area contributed by atoms with E-state index in [-0.39, 0.29) is 17.6 Å². The van der Waals surface area contributed by atoms with Crippen LogP contribution >= 0.6 is 0 Å². The lowest BCUT2D eigenvalue weighted by Gasteiger charge is -2.40. The van der Waals surface area contributed by atoms with Crippen molar-refractivity contribution in [3.63, 3.8) is 0 Å². The van der Waals surface area contributed by atoms with Crippen LogP contribution in [0, 0.1) is 17.3 Å². The van der Waals surface area contributed by atoms with E-state index in [2.05, 4.69) is 0 Å². The molecule has 8 heteroatoms. The van der Waals surface area contributed by atoms with Crippen LogP contribution in [0.1, 0.15) is 6.42 Å². The van der Waals surface area contributed by atoms with E-state index in [1.165, 1.54) is 6.08 Å². The number of carboxylic acid groups (broad SMARTS) is 4. The average Bonchev–Trinajstić information content (AvgIpc) is 2.44. The van der Waals surface area contributed by atoms with E-state index in [0.717, 1.165) is 18.2 Å². The first kappa shape index (κ1) is 15.5. The highest BCUT2D eigenvalue weighted by Gasteiger charge is 2.58. The molecule has 0 aromatic rings. The summed E-state index contributed by atoms with van der Waals surface area (Å²) in [6.07, 6.45) is 4.28. The molecule has 0 aromatic carbocycles. The summed E-state index contributed by atoms with van der Waals surface area (Å²) < 4.78 is 0. The molecule has 4 N–H and O–H groups in total.